The van der Waals surface area contributed by atoms with Crippen LogP contribution in [0.25, 0.3) is 11.1 Å². The summed E-state index contributed by atoms with van der Waals surface area (Å²) >= 11 is 0. The van der Waals surface area contributed by atoms with Crippen molar-refractivity contribution in [3.05, 3.63) is 77.2 Å². The number of ether oxygens (including phenoxy) is 2. The lowest BCUT2D eigenvalue weighted by Crippen LogP contribution is -2.29. The summed E-state index contributed by atoms with van der Waals surface area (Å²) in [5.74, 6) is -0.150. The average molecular weight is 501 g/mol. The van der Waals surface area contributed by atoms with E-state index in [0.29, 0.717) is 35.8 Å². The molecule has 0 aliphatic carbocycles. The summed E-state index contributed by atoms with van der Waals surface area (Å²) in [5.41, 5.74) is 7.41. The predicted molar refractivity (Wildman–Crippen MR) is 127 cm³/mol. The van der Waals surface area contributed by atoms with E-state index in [1.165, 1.54) is 12.3 Å². The van der Waals surface area contributed by atoms with E-state index in [2.05, 4.69) is 15.3 Å². The van der Waals surface area contributed by atoms with Crippen molar-refractivity contribution in [1.82, 2.24) is 15.3 Å². The van der Waals surface area contributed by atoms with E-state index in [-0.39, 0.29) is 18.5 Å². The van der Waals surface area contributed by atoms with Crippen LogP contribution >= 0.6 is 0 Å². The van der Waals surface area contributed by atoms with Crippen LogP contribution in [0.4, 0.5) is 13.2 Å². The molecular weight excluding hydrogens is 473 g/mol. The second kappa shape index (κ2) is 11.0. The number of nitrogens with two attached hydrogens (primary N) is 1. The second-order valence-electron chi connectivity index (χ2n) is 8.54. The monoisotopic (exact) mass is 500 g/mol. The molecule has 1 atom stereocenters. The number of nitrogens with one attached hydrogen (secondary N) is 1. The van der Waals surface area contributed by atoms with E-state index in [9.17, 15) is 18.0 Å². The number of nitrogens with zero attached hydrogens (tertiary/aromatic N) is 2. The molecule has 2 aromatic carbocycles. The topological polar surface area (TPSA) is 99.4 Å². The van der Waals surface area contributed by atoms with E-state index in [4.69, 9.17) is 15.2 Å². The summed E-state index contributed by atoms with van der Waals surface area (Å²) in [6, 6.07) is 11.7. The molecule has 0 saturated carbocycles. The van der Waals surface area contributed by atoms with E-state index in [1.54, 1.807) is 37.3 Å². The highest BCUT2D eigenvalue weighted by Gasteiger charge is 2.31. The molecule has 190 valence electrons. The largest absolute Gasteiger partial charge is 0.474 e. The van der Waals surface area contributed by atoms with Crippen molar-refractivity contribution in [3.8, 4) is 17.0 Å². The Bertz CT molecular complexity index is 1200. The van der Waals surface area contributed by atoms with Gasteiger partial charge in [-0.3, -0.25) is 4.79 Å². The fourth-order valence-electron chi connectivity index (χ4n) is 3.98. The first-order valence-electron chi connectivity index (χ1n) is 11.6. The van der Waals surface area contributed by atoms with Crippen molar-refractivity contribution in [3.63, 3.8) is 0 Å². The minimum absolute atomic E-state index is 0.0143. The Kier molecular flexibility index (Phi) is 7.85. The molecule has 0 unspecified atom stereocenters. The number of benzene rings is 2. The molecule has 3 aromatic rings. The van der Waals surface area contributed by atoms with Crippen molar-refractivity contribution >= 4 is 5.91 Å². The van der Waals surface area contributed by atoms with Gasteiger partial charge >= 0.3 is 6.18 Å². The Morgan fingerprint density at radius 2 is 1.89 bits per heavy atom. The summed E-state index contributed by atoms with van der Waals surface area (Å²) < 4.78 is 50.8. The zero-order valence-electron chi connectivity index (χ0n) is 19.7. The SMILES string of the molecule is C[C@@H](NC(=O)c1nccc(OC2CCOCC2)n1)c1ccc(-c2cc(C(F)(F)F)ccc2CN)cc1. The molecule has 2 heterocycles. The quantitative estimate of drug-likeness (QED) is 0.489. The van der Waals surface area contributed by atoms with Gasteiger partial charge in [-0.15, -0.1) is 0 Å². The van der Waals surface area contributed by atoms with Gasteiger partial charge in [0.25, 0.3) is 5.91 Å². The van der Waals surface area contributed by atoms with Crippen LogP contribution in [0.2, 0.25) is 0 Å². The summed E-state index contributed by atoms with van der Waals surface area (Å²) in [7, 11) is 0. The van der Waals surface area contributed by atoms with E-state index < -0.39 is 23.7 Å². The molecular formula is C26H27F3N4O3. The first kappa shape index (κ1) is 25.6. The van der Waals surface area contributed by atoms with Gasteiger partial charge in [0, 0.05) is 31.6 Å². The number of carbonyl (C=O) groups excluding carboxylic acids is 1. The maximum absolute atomic E-state index is 13.2. The van der Waals surface area contributed by atoms with Crippen LogP contribution in [0.3, 0.4) is 0 Å². The number of hydrogen-bond acceptors (Lipinski definition) is 6. The molecule has 1 aliphatic rings. The lowest BCUT2D eigenvalue weighted by atomic mass is 9.95. The van der Waals surface area contributed by atoms with Gasteiger partial charge in [0.1, 0.15) is 6.10 Å². The molecule has 0 spiro atoms. The maximum atomic E-state index is 13.2. The van der Waals surface area contributed by atoms with Gasteiger partial charge in [0.2, 0.25) is 11.7 Å². The Balaban J connectivity index is 1.45. The van der Waals surface area contributed by atoms with Crippen molar-refractivity contribution in [2.24, 2.45) is 5.73 Å². The normalized spacial score (nSPS) is 15.4. The number of rotatable bonds is 7. The van der Waals surface area contributed by atoms with Crippen molar-refractivity contribution < 1.29 is 27.4 Å². The fourth-order valence-corrected chi connectivity index (χ4v) is 3.98. The van der Waals surface area contributed by atoms with Crippen LogP contribution in [0.1, 0.15) is 53.1 Å². The molecule has 10 heteroatoms. The maximum Gasteiger partial charge on any atom is 0.416 e. The molecule has 1 saturated heterocycles. The predicted octanol–water partition coefficient (Wildman–Crippen LogP) is 4.67. The average Bonchev–Trinajstić information content (AvgIpc) is 2.88. The smallest absolute Gasteiger partial charge is 0.416 e. The van der Waals surface area contributed by atoms with Crippen LogP contribution in [-0.4, -0.2) is 35.2 Å². The van der Waals surface area contributed by atoms with E-state index >= 15 is 0 Å². The highest BCUT2D eigenvalue weighted by Crippen LogP contribution is 2.34. The van der Waals surface area contributed by atoms with Crippen LogP contribution in [0.5, 0.6) is 5.88 Å². The second-order valence-corrected chi connectivity index (χ2v) is 8.54. The summed E-state index contributed by atoms with van der Waals surface area (Å²) in [6.07, 6.45) is -1.48. The van der Waals surface area contributed by atoms with Gasteiger partial charge in [0.15, 0.2) is 0 Å². The molecule has 1 aliphatic heterocycles. The van der Waals surface area contributed by atoms with Crippen molar-refractivity contribution in [2.45, 2.75) is 44.6 Å². The van der Waals surface area contributed by atoms with Gasteiger partial charge in [-0.2, -0.15) is 18.2 Å². The molecule has 0 bridgehead atoms. The standard InChI is InChI=1S/C26H27F3N4O3/c1-16(32-25(34)24-31-11-8-23(33-24)36-21-9-12-35-13-10-21)17-2-4-18(5-3-17)22-14-20(26(27,28)29)7-6-19(22)15-30/h2-8,11,14,16,21H,9-10,12-13,15,30H2,1H3,(H,32,34)/t16-/m1/s1. The zero-order valence-corrected chi connectivity index (χ0v) is 19.7. The summed E-state index contributed by atoms with van der Waals surface area (Å²) in [6.45, 7) is 3.16. The third-order valence-corrected chi connectivity index (χ3v) is 6.02. The Morgan fingerprint density at radius 1 is 1.17 bits per heavy atom. The molecule has 1 fully saturated rings. The minimum atomic E-state index is -4.45. The van der Waals surface area contributed by atoms with Crippen LogP contribution < -0.4 is 15.8 Å². The molecule has 1 amide bonds. The van der Waals surface area contributed by atoms with Gasteiger partial charge < -0.3 is 20.5 Å². The molecule has 1 aromatic heterocycles. The molecule has 7 nitrogen and oxygen atoms in total. The number of amides is 1. The molecule has 0 radical (unpaired) electrons. The number of carbonyl (C=O) groups is 1. The Hall–Kier alpha value is -3.50. The van der Waals surface area contributed by atoms with Gasteiger partial charge in [-0.25, -0.2) is 4.98 Å². The zero-order chi connectivity index (χ0) is 25.7. The third-order valence-electron chi connectivity index (χ3n) is 6.02. The van der Waals surface area contributed by atoms with Gasteiger partial charge in [0.05, 0.1) is 24.8 Å². The minimum Gasteiger partial charge on any atom is -0.474 e. The van der Waals surface area contributed by atoms with E-state index in [0.717, 1.165) is 30.5 Å². The summed E-state index contributed by atoms with van der Waals surface area (Å²) in [4.78, 5) is 21.0. The Labute approximate surface area is 206 Å². The van der Waals surface area contributed by atoms with Crippen LogP contribution in [0.15, 0.2) is 54.7 Å². The summed E-state index contributed by atoms with van der Waals surface area (Å²) in [5, 5.41) is 2.85. The van der Waals surface area contributed by atoms with Gasteiger partial charge in [-0.1, -0.05) is 30.3 Å². The lowest BCUT2D eigenvalue weighted by molar-refractivity contribution is -0.137. The first-order chi connectivity index (χ1) is 17.2. The van der Waals surface area contributed by atoms with Crippen LogP contribution in [0, 0.1) is 0 Å². The fraction of sp³-hybridized carbons (Fsp3) is 0.346. The third kappa shape index (κ3) is 6.19. The number of aromatic nitrogens is 2. The number of halogens is 3. The van der Waals surface area contributed by atoms with Crippen molar-refractivity contribution in [1.29, 1.82) is 0 Å². The van der Waals surface area contributed by atoms with Crippen LogP contribution in [-0.2, 0) is 17.5 Å². The molecule has 3 N–H and O–H groups in total. The molecule has 4 rings (SSSR count). The lowest BCUT2D eigenvalue weighted by Gasteiger charge is -2.22. The number of alkyl halides is 3. The molecule has 36 heavy (non-hydrogen) atoms. The first-order valence-corrected chi connectivity index (χ1v) is 11.6. The van der Waals surface area contributed by atoms with E-state index in [1.807, 2.05) is 0 Å². The number of hydrogen-bond donors (Lipinski definition) is 2. The van der Waals surface area contributed by atoms with Crippen molar-refractivity contribution in [2.75, 3.05) is 13.2 Å². The highest BCUT2D eigenvalue weighted by molar-refractivity contribution is 5.90. The van der Waals surface area contributed by atoms with Gasteiger partial charge in [-0.05, 0) is 41.3 Å². The highest BCUT2D eigenvalue weighted by atomic mass is 19.4. The Morgan fingerprint density at radius 3 is 2.56 bits per heavy atom.